The van der Waals surface area contributed by atoms with Crippen LogP contribution in [0.15, 0.2) is 35.7 Å². The Balaban J connectivity index is 2.22. The van der Waals surface area contributed by atoms with E-state index in [0.29, 0.717) is 23.5 Å². The van der Waals surface area contributed by atoms with Gasteiger partial charge in [0.15, 0.2) is 5.75 Å². The number of anilines is 1. The standard InChI is InChI=1S/C14H16N2O2S/c1-16(9-10-5-4-8-19-10)14(17)11-6-3-7-12(15)13(11)18-2/h3-8H,9,15H2,1-2H3. The number of benzene rings is 1. The van der Waals surface area contributed by atoms with E-state index >= 15 is 0 Å². The van der Waals surface area contributed by atoms with Gasteiger partial charge in [0.1, 0.15) is 0 Å². The van der Waals surface area contributed by atoms with Gasteiger partial charge in [0, 0.05) is 11.9 Å². The Kier molecular flexibility index (Phi) is 4.06. The number of methoxy groups -OCH3 is 1. The van der Waals surface area contributed by atoms with Gasteiger partial charge in [-0.1, -0.05) is 12.1 Å². The Morgan fingerprint density at radius 3 is 2.79 bits per heavy atom. The van der Waals surface area contributed by atoms with Gasteiger partial charge >= 0.3 is 0 Å². The van der Waals surface area contributed by atoms with Crippen molar-refractivity contribution in [2.45, 2.75) is 6.54 Å². The quantitative estimate of drug-likeness (QED) is 0.873. The molecule has 0 unspecified atom stereocenters. The van der Waals surface area contributed by atoms with Crippen LogP contribution < -0.4 is 10.5 Å². The summed E-state index contributed by atoms with van der Waals surface area (Å²) in [6.07, 6.45) is 0. The smallest absolute Gasteiger partial charge is 0.257 e. The lowest BCUT2D eigenvalue weighted by atomic mass is 10.1. The summed E-state index contributed by atoms with van der Waals surface area (Å²) in [5.74, 6) is 0.336. The van der Waals surface area contributed by atoms with E-state index in [0.717, 1.165) is 4.88 Å². The normalized spacial score (nSPS) is 10.2. The molecule has 0 radical (unpaired) electrons. The molecule has 4 nitrogen and oxygen atoms in total. The van der Waals surface area contributed by atoms with Crippen molar-refractivity contribution in [3.8, 4) is 5.75 Å². The van der Waals surface area contributed by atoms with Gasteiger partial charge in [0.05, 0.1) is 24.9 Å². The molecule has 2 rings (SSSR count). The highest BCUT2D eigenvalue weighted by Crippen LogP contribution is 2.27. The SMILES string of the molecule is COc1c(N)cccc1C(=O)N(C)Cc1cccs1. The first-order chi connectivity index (χ1) is 9.13. The van der Waals surface area contributed by atoms with Gasteiger partial charge in [-0.25, -0.2) is 0 Å². The second kappa shape index (κ2) is 5.75. The summed E-state index contributed by atoms with van der Waals surface area (Å²) in [5, 5.41) is 1.99. The lowest BCUT2D eigenvalue weighted by Gasteiger charge is -2.18. The highest BCUT2D eigenvalue weighted by molar-refractivity contribution is 7.09. The molecule has 19 heavy (non-hydrogen) atoms. The molecule has 100 valence electrons. The van der Waals surface area contributed by atoms with E-state index in [1.807, 2.05) is 17.5 Å². The van der Waals surface area contributed by atoms with Crippen LogP contribution in [0.25, 0.3) is 0 Å². The van der Waals surface area contributed by atoms with Crippen molar-refractivity contribution in [2.75, 3.05) is 19.9 Å². The monoisotopic (exact) mass is 276 g/mol. The van der Waals surface area contributed by atoms with Crippen molar-refractivity contribution >= 4 is 22.9 Å². The first kappa shape index (κ1) is 13.4. The number of nitrogen functional groups attached to an aromatic ring is 1. The van der Waals surface area contributed by atoms with Crippen molar-refractivity contribution in [1.82, 2.24) is 4.90 Å². The zero-order valence-corrected chi connectivity index (χ0v) is 11.7. The third-order valence-corrected chi connectivity index (χ3v) is 3.66. The van der Waals surface area contributed by atoms with E-state index in [1.165, 1.54) is 7.11 Å². The number of amides is 1. The lowest BCUT2D eigenvalue weighted by molar-refractivity contribution is 0.0783. The molecule has 5 heteroatoms. The molecule has 1 heterocycles. The van der Waals surface area contributed by atoms with Crippen LogP contribution in [0.5, 0.6) is 5.75 Å². The molecule has 0 spiro atoms. The van der Waals surface area contributed by atoms with Crippen molar-refractivity contribution in [3.05, 3.63) is 46.2 Å². The number of nitrogens with two attached hydrogens (primary N) is 1. The number of hydrogen-bond acceptors (Lipinski definition) is 4. The minimum atomic E-state index is -0.0995. The van der Waals surface area contributed by atoms with Gasteiger partial charge in [-0.2, -0.15) is 0 Å². The predicted octanol–water partition coefficient (Wildman–Crippen LogP) is 2.61. The molecule has 0 bridgehead atoms. The molecule has 0 fully saturated rings. The maximum atomic E-state index is 12.4. The molecular weight excluding hydrogens is 260 g/mol. The van der Waals surface area contributed by atoms with Crippen LogP contribution in [0.2, 0.25) is 0 Å². The molecule has 0 atom stereocenters. The summed E-state index contributed by atoms with van der Waals surface area (Å²) in [7, 11) is 3.28. The number of ether oxygens (including phenoxy) is 1. The summed E-state index contributed by atoms with van der Waals surface area (Å²) >= 11 is 1.63. The Bertz CT molecular complexity index is 567. The van der Waals surface area contributed by atoms with Crippen molar-refractivity contribution < 1.29 is 9.53 Å². The molecule has 1 amide bonds. The number of rotatable bonds is 4. The van der Waals surface area contributed by atoms with E-state index in [-0.39, 0.29) is 5.91 Å². The summed E-state index contributed by atoms with van der Waals surface area (Å²) < 4.78 is 5.21. The minimum Gasteiger partial charge on any atom is -0.494 e. The second-order valence-electron chi connectivity index (χ2n) is 4.17. The number of nitrogens with zero attached hydrogens (tertiary/aromatic N) is 1. The molecule has 2 N–H and O–H groups in total. The van der Waals surface area contributed by atoms with E-state index in [1.54, 1.807) is 41.5 Å². The van der Waals surface area contributed by atoms with Crippen molar-refractivity contribution in [1.29, 1.82) is 0 Å². The van der Waals surface area contributed by atoms with Crippen LogP contribution in [0.4, 0.5) is 5.69 Å². The first-order valence-electron chi connectivity index (χ1n) is 5.83. The summed E-state index contributed by atoms with van der Waals surface area (Å²) in [5.41, 5.74) is 6.77. The number of para-hydroxylation sites is 1. The third-order valence-electron chi connectivity index (χ3n) is 2.80. The Morgan fingerprint density at radius 1 is 1.37 bits per heavy atom. The maximum absolute atomic E-state index is 12.4. The van der Waals surface area contributed by atoms with Gasteiger partial charge in [-0.3, -0.25) is 4.79 Å². The van der Waals surface area contributed by atoms with E-state index < -0.39 is 0 Å². The van der Waals surface area contributed by atoms with Crippen LogP contribution >= 0.6 is 11.3 Å². The minimum absolute atomic E-state index is 0.0995. The highest BCUT2D eigenvalue weighted by Gasteiger charge is 2.18. The molecule has 0 aliphatic rings. The van der Waals surface area contributed by atoms with Crippen LogP contribution in [0.3, 0.4) is 0 Å². The van der Waals surface area contributed by atoms with Crippen molar-refractivity contribution in [2.24, 2.45) is 0 Å². The predicted molar refractivity (Wildman–Crippen MR) is 77.5 cm³/mol. The van der Waals surface area contributed by atoms with Gasteiger partial charge < -0.3 is 15.4 Å². The average molecular weight is 276 g/mol. The van der Waals surface area contributed by atoms with Gasteiger partial charge in [-0.15, -0.1) is 11.3 Å². The molecule has 2 aromatic rings. The molecule has 0 aliphatic carbocycles. The number of carbonyl (C=O) groups is 1. The molecule has 0 saturated heterocycles. The summed E-state index contributed by atoms with van der Waals surface area (Å²) in [6, 6.07) is 9.17. The fraction of sp³-hybridized carbons (Fsp3) is 0.214. The topological polar surface area (TPSA) is 55.6 Å². The zero-order valence-electron chi connectivity index (χ0n) is 10.9. The summed E-state index contributed by atoms with van der Waals surface area (Å²) in [4.78, 5) is 15.2. The van der Waals surface area contributed by atoms with E-state index in [2.05, 4.69) is 0 Å². The number of hydrogen-bond donors (Lipinski definition) is 1. The van der Waals surface area contributed by atoms with Gasteiger partial charge in [0.25, 0.3) is 5.91 Å². The fourth-order valence-corrected chi connectivity index (χ4v) is 2.62. The second-order valence-corrected chi connectivity index (χ2v) is 5.20. The van der Waals surface area contributed by atoms with E-state index in [4.69, 9.17) is 10.5 Å². The largest absolute Gasteiger partial charge is 0.494 e. The Hall–Kier alpha value is -2.01. The molecule has 0 saturated carbocycles. The van der Waals surface area contributed by atoms with Crippen LogP contribution in [-0.2, 0) is 6.54 Å². The van der Waals surface area contributed by atoms with Gasteiger partial charge in [0.2, 0.25) is 0 Å². The third kappa shape index (κ3) is 2.88. The number of carbonyl (C=O) groups excluding carboxylic acids is 1. The van der Waals surface area contributed by atoms with Crippen LogP contribution in [0, 0.1) is 0 Å². The lowest BCUT2D eigenvalue weighted by Crippen LogP contribution is -2.26. The highest BCUT2D eigenvalue weighted by atomic mass is 32.1. The average Bonchev–Trinajstić information content (AvgIpc) is 2.90. The Morgan fingerprint density at radius 2 is 2.16 bits per heavy atom. The summed E-state index contributed by atoms with van der Waals surface area (Å²) in [6.45, 7) is 0.578. The van der Waals surface area contributed by atoms with E-state index in [9.17, 15) is 4.79 Å². The molecule has 0 aliphatic heterocycles. The maximum Gasteiger partial charge on any atom is 0.257 e. The molecular formula is C14H16N2O2S. The fourth-order valence-electron chi connectivity index (χ4n) is 1.86. The van der Waals surface area contributed by atoms with Crippen LogP contribution in [-0.4, -0.2) is 25.0 Å². The molecule has 1 aromatic carbocycles. The molecule has 1 aromatic heterocycles. The number of thiophene rings is 1. The van der Waals surface area contributed by atoms with Gasteiger partial charge in [-0.05, 0) is 23.6 Å². The van der Waals surface area contributed by atoms with Crippen molar-refractivity contribution in [3.63, 3.8) is 0 Å². The zero-order chi connectivity index (χ0) is 13.8. The first-order valence-corrected chi connectivity index (χ1v) is 6.71. The van der Waals surface area contributed by atoms with Crippen LogP contribution in [0.1, 0.15) is 15.2 Å². The Labute approximate surface area is 116 Å².